The van der Waals surface area contributed by atoms with Crippen molar-refractivity contribution in [3.8, 4) is 16.9 Å². The first-order chi connectivity index (χ1) is 14.9. The Balaban J connectivity index is 1.36. The monoisotopic (exact) mass is 434 g/mol. The smallest absolute Gasteiger partial charge is 0.244 e. The van der Waals surface area contributed by atoms with Crippen LogP contribution >= 0.6 is 0 Å². The minimum atomic E-state index is -3.21. The summed E-state index contributed by atoms with van der Waals surface area (Å²) < 4.78 is 29.2. The van der Waals surface area contributed by atoms with Crippen LogP contribution in [0.4, 0.5) is 0 Å². The summed E-state index contributed by atoms with van der Waals surface area (Å²) in [5.41, 5.74) is 3.85. The molecule has 0 saturated heterocycles. The molecule has 1 N–H and O–H groups in total. The van der Waals surface area contributed by atoms with Gasteiger partial charge in [0.2, 0.25) is 5.91 Å². The molecule has 0 bridgehead atoms. The summed E-state index contributed by atoms with van der Waals surface area (Å²) >= 11 is 0. The minimum Gasteiger partial charge on any atom is -0.488 e. The van der Waals surface area contributed by atoms with Gasteiger partial charge in [0.05, 0.1) is 11.4 Å². The summed E-state index contributed by atoms with van der Waals surface area (Å²) in [5.74, 6) is 0.622. The molecular formula is C24H22N2O4S. The van der Waals surface area contributed by atoms with E-state index in [1.54, 1.807) is 42.7 Å². The molecule has 0 saturated carbocycles. The van der Waals surface area contributed by atoms with Crippen molar-refractivity contribution in [2.45, 2.75) is 17.4 Å². The number of hydrogen-bond donors (Lipinski definition) is 1. The molecule has 3 aromatic rings. The van der Waals surface area contributed by atoms with Gasteiger partial charge in [-0.3, -0.25) is 9.78 Å². The van der Waals surface area contributed by atoms with Gasteiger partial charge < -0.3 is 10.1 Å². The quantitative estimate of drug-likeness (QED) is 0.602. The standard InChI is InChI=1S/C24H22N2O4S/c1-31(28,29)22-8-5-18(6-9-22)19-7-10-23-20(13-19)14-21(30-23)16-26-24(27)11-4-17-3-2-12-25-15-17/h2-13,15,21H,14,16H2,1H3,(H,26,27)/b11-4+/t21-/m0/s1. The van der Waals surface area contributed by atoms with E-state index in [-0.39, 0.29) is 12.0 Å². The van der Waals surface area contributed by atoms with E-state index >= 15 is 0 Å². The fraction of sp³-hybridized carbons (Fsp3) is 0.167. The first kappa shape index (κ1) is 20.8. The predicted octanol–water partition coefficient (Wildman–Crippen LogP) is 3.29. The second kappa shape index (κ2) is 8.73. The maximum Gasteiger partial charge on any atom is 0.244 e. The molecule has 2 heterocycles. The molecule has 158 valence electrons. The van der Waals surface area contributed by atoms with Gasteiger partial charge in [-0.15, -0.1) is 0 Å². The number of hydrogen-bond acceptors (Lipinski definition) is 5. The summed E-state index contributed by atoms with van der Waals surface area (Å²) in [5, 5.41) is 2.87. The number of carbonyl (C=O) groups excluding carboxylic acids is 1. The molecule has 6 nitrogen and oxygen atoms in total. The first-order valence-corrected chi connectivity index (χ1v) is 11.7. The van der Waals surface area contributed by atoms with E-state index in [2.05, 4.69) is 16.4 Å². The van der Waals surface area contributed by atoms with Crippen LogP contribution in [0.5, 0.6) is 5.75 Å². The van der Waals surface area contributed by atoms with Crippen molar-refractivity contribution in [3.05, 3.63) is 84.2 Å². The third kappa shape index (κ3) is 5.19. The van der Waals surface area contributed by atoms with Crippen LogP contribution in [0.15, 0.2) is 78.0 Å². The van der Waals surface area contributed by atoms with Crippen molar-refractivity contribution >= 4 is 21.8 Å². The molecular weight excluding hydrogens is 412 g/mol. The van der Waals surface area contributed by atoms with E-state index in [9.17, 15) is 13.2 Å². The third-order valence-corrected chi connectivity index (χ3v) is 6.16. The number of sulfone groups is 1. The lowest BCUT2D eigenvalue weighted by molar-refractivity contribution is -0.116. The molecule has 0 spiro atoms. The van der Waals surface area contributed by atoms with E-state index in [4.69, 9.17) is 4.74 Å². The Labute approximate surface area is 181 Å². The Morgan fingerprint density at radius 1 is 1.16 bits per heavy atom. The maximum atomic E-state index is 12.1. The molecule has 7 heteroatoms. The van der Waals surface area contributed by atoms with Crippen LogP contribution in [0.1, 0.15) is 11.1 Å². The fourth-order valence-electron chi connectivity index (χ4n) is 3.43. The highest BCUT2D eigenvalue weighted by atomic mass is 32.2. The average Bonchev–Trinajstić information content (AvgIpc) is 3.19. The Morgan fingerprint density at radius 3 is 2.65 bits per heavy atom. The number of fused-ring (bicyclic) bond motifs is 1. The van der Waals surface area contributed by atoms with E-state index in [0.29, 0.717) is 17.9 Å². The first-order valence-electron chi connectivity index (χ1n) is 9.84. The van der Waals surface area contributed by atoms with Crippen LogP contribution in [-0.4, -0.2) is 38.2 Å². The number of pyridine rings is 1. The summed E-state index contributed by atoms with van der Waals surface area (Å²) in [6.45, 7) is 0.406. The van der Waals surface area contributed by atoms with Crippen LogP contribution in [0.25, 0.3) is 17.2 Å². The van der Waals surface area contributed by atoms with Crippen molar-refractivity contribution < 1.29 is 17.9 Å². The topological polar surface area (TPSA) is 85.4 Å². The zero-order valence-electron chi connectivity index (χ0n) is 17.0. The van der Waals surface area contributed by atoms with Gasteiger partial charge in [0.1, 0.15) is 11.9 Å². The lowest BCUT2D eigenvalue weighted by Gasteiger charge is -2.10. The molecule has 31 heavy (non-hydrogen) atoms. The summed E-state index contributed by atoms with van der Waals surface area (Å²) in [4.78, 5) is 16.4. The zero-order valence-corrected chi connectivity index (χ0v) is 17.8. The molecule has 4 rings (SSSR count). The highest BCUT2D eigenvalue weighted by Crippen LogP contribution is 2.33. The van der Waals surface area contributed by atoms with Crippen LogP contribution in [0.3, 0.4) is 0 Å². The molecule has 0 fully saturated rings. The number of nitrogens with one attached hydrogen (secondary N) is 1. The van der Waals surface area contributed by atoms with Crippen molar-refractivity contribution in [2.24, 2.45) is 0 Å². The highest BCUT2D eigenvalue weighted by Gasteiger charge is 2.23. The molecule has 1 aliphatic rings. The fourth-order valence-corrected chi connectivity index (χ4v) is 4.06. The van der Waals surface area contributed by atoms with E-state index < -0.39 is 9.84 Å². The normalized spacial score (nSPS) is 15.5. The van der Waals surface area contributed by atoms with Gasteiger partial charge in [-0.05, 0) is 58.7 Å². The van der Waals surface area contributed by atoms with Gasteiger partial charge in [0, 0.05) is 31.1 Å². The summed E-state index contributed by atoms with van der Waals surface area (Å²) in [6, 6.07) is 16.5. The molecule has 0 radical (unpaired) electrons. The lowest BCUT2D eigenvalue weighted by atomic mass is 10.0. The number of ether oxygens (including phenoxy) is 1. The second-order valence-corrected chi connectivity index (χ2v) is 9.44. The van der Waals surface area contributed by atoms with Crippen molar-refractivity contribution in [3.63, 3.8) is 0 Å². The van der Waals surface area contributed by atoms with E-state index in [1.165, 1.54) is 12.3 Å². The Morgan fingerprint density at radius 2 is 1.94 bits per heavy atom. The minimum absolute atomic E-state index is 0.131. The predicted molar refractivity (Wildman–Crippen MR) is 119 cm³/mol. The number of benzene rings is 2. The lowest BCUT2D eigenvalue weighted by Crippen LogP contribution is -2.33. The second-order valence-electron chi connectivity index (χ2n) is 7.43. The van der Waals surface area contributed by atoms with Crippen molar-refractivity contribution in [1.82, 2.24) is 10.3 Å². The van der Waals surface area contributed by atoms with Crippen LogP contribution in [-0.2, 0) is 21.1 Å². The van der Waals surface area contributed by atoms with E-state index in [1.807, 2.05) is 24.3 Å². The molecule has 1 aromatic heterocycles. The number of carbonyl (C=O) groups is 1. The third-order valence-electron chi connectivity index (χ3n) is 5.03. The Hall–Kier alpha value is -3.45. The van der Waals surface area contributed by atoms with Crippen LogP contribution in [0.2, 0.25) is 0 Å². The van der Waals surface area contributed by atoms with Gasteiger partial charge in [0.25, 0.3) is 0 Å². The van der Waals surface area contributed by atoms with Gasteiger partial charge in [-0.1, -0.05) is 24.3 Å². The Kier molecular flexibility index (Phi) is 5.86. The highest BCUT2D eigenvalue weighted by molar-refractivity contribution is 7.90. The number of nitrogens with zero attached hydrogens (tertiary/aromatic N) is 1. The largest absolute Gasteiger partial charge is 0.488 e. The number of aromatic nitrogens is 1. The van der Waals surface area contributed by atoms with Crippen LogP contribution in [0, 0.1) is 0 Å². The van der Waals surface area contributed by atoms with Crippen molar-refractivity contribution in [1.29, 1.82) is 0 Å². The molecule has 1 amide bonds. The van der Waals surface area contributed by atoms with Gasteiger partial charge in [-0.2, -0.15) is 0 Å². The van der Waals surface area contributed by atoms with E-state index in [0.717, 1.165) is 28.0 Å². The maximum absolute atomic E-state index is 12.1. The molecule has 1 atom stereocenters. The average molecular weight is 435 g/mol. The molecule has 2 aromatic carbocycles. The SMILES string of the molecule is CS(=O)(=O)c1ccc(-c2ccc3c(c2)C[C@@H](CNC(=O)/C=C/c2cccnc2)O3)cc1. The summed E-state index contributed by atoms with van der Waals surface area (Å²) in [7, 11) is -3.21. The van der Waals surface area contributed by atoms with Gasteiger partial charge in [-0.25, -0.2) is 8.42 Å². The number of rotatable bonds is 6. The molecule has 0 aliphatic carbocycles. The Bertz CT molecular complexity index is 1220. The molecule has 0 unspecified atom stereocenters. The van der Waals surface area contributed by atoms with Gasteiger partial charge in [0.15, 0.2) is 9.84 Å². The zero-order chi connectivity index (χ0) is 21.8. The van der Waals surface area contributed by atoms with Crippen molar-refractivity contribution in [2.75, 3.05) is 12.8 Å². The number of amides is 1. The summed E-state index contributed by atoms with van der Waals surface area (Å²) in [6.07, 6.45) is 8.33. The van der Waals surface area contributed by atoms with Gasteiger partial charge >= 0.3 is 0 Å². The molecule has 1 aliphatic heterocycles. The van der Waals surface area contributed by atoms with Crippen LogP contribution < -0.4 is 10.1 Å².